The van der Waals surface area contributed by atoms with Crippen LogP contribution in [0.5, 0.6) is 5.75 Å². The van der Waals surface area contributed by atoms with Crippen molar-refractivity contribution in [2.24, 2.45) is 0 Å². The second-order valence-corrected chi connectivity index (χ2v) is 12.1. The fourth-order valence-electron chi connectivity index (χ4n) is 7.06. The van der Waals surface area contributed by atoms with Gasteiger partial charge in [0.05, 0.1) is 17.8 Å². The van der Waals surface area contributed by atoms with Crippen molar-refractivity contribution in [1.82, 2.24) is 9.88 Å². The predicted octanol–water partition coefficient (Wildman–Crippen LogP) is 6.74. The lowest BCUT2D eigenvalue weighted by Crippen LogP contribution is -2.61. The van der Waals surface area contributed by atoms with E-state index < -0.39 is 11.5 Å². The zero-order valence-corrected chi connectivity index (χ0v) is 24.0. The number of hydrogen-bond acceptors (Lipinski definition) is 4. The molecule has 8 nitrogen and oxygen atoms in total. The molecule has 0 atom stereocenters. The number of aromatic nitrogens is 1. The molecule has 0 unspecified atom stereocenters. The number of nitrogens with zero attached hydrogens (tertiary/aromatic N) is 1. The first-order valence-electron chi connectivity index (χ1n) is 15.3. The number of rotatable bonds is 6. The van der Waals surface area contributed by atoms with E-state index >= 15 is 0 Å². The number of hydrogen-bond donors (Lipinski definition) is 3. The van der Waals surface area contributed by atoms with Gasteiger partial charge in [-0.05, 0) is 92.1 Å². The summed E-state index contributed by atoms with van der Waals surface area (Å²) in [7, 11) is 0. The number of carbonyl (C=O) groups is 3. The molecule has 3 N–H and O–H groups in total. The van der Waals surface area contributed by atoms with Gasteiger partial charge < -0.3 is 25.0 Å². The quantitative estimate of drug-likeness (QED) is 0.235. The molecule has 2 saturated carbocycles. The first-order valence-corrected chi connectivity index (χ1v) is 15.3. The van der Waals surface area contributed by atoms with Crippen LogP contribution in [-0.4, -0.2) is 39.6 Å². The Kier molecular flexibility index (Phi) is 6.92. The van der Waals surface area contributed by atoms with Crippen LogP contribution in [0.3, 0.4) is 0 Å². The summed E-state index contributed by atoms with van der Waals surface area (Å²) in [6.45, 7) is 1.23. The molecule has 8 heteroatoms. The second kappa shape index (κ2) is 10.9. The third kappa shape index (κ3) is 4.84. The number of fused-ring (bicyclic) bond motifs is 5. The number of carboxylic acid groups (broad SMARTS) is 1. The van der Waals surface area contributed by atoms with E-state index in [-0.39, 0.29) is 17.4 Å². The molecular formula is C35H35N3O5. The Bertz CT molecular complexity index is 1730. The van der Waals surface area contributed by atoms with Gasteiger partial charge in [-0.3, -0.25) is 9.59 Å². The number of ether oxygens (including phenoxy) is 1. The fourth-order valence-corrected chi connectivity index (χ4v) is 7.06. The van der Waals surface area contributed by atoms with Crippen LogP contribution >= 0.6 is 0 Å². The van der Waals surface area contributed by atoms with Crippen LogP contribution in [-0.2, 0) is 11.3 Å². The van der Waals surface area contributed by atoms with Crippen LogP contribution in [0.25, 0.3) is 22.2 Å². The van der Waals surface area contributed by atoms with E-state index in [2.05, 4.69) is 33.4 Å². The third-order valence-electron chi connectivity index (χ3n) is 9.48. The molecule has 3 aliphatic rings. The number of anilines is 1. The highest BCUT2D eigenvalue weighted by atomic mass is 16.5. The summed E-state index contributed by atoms with van der Waals surface area (Å²) >= 11 is 0. The number of para-hydroxylation sites is 1. The summed E-state index contributed by atoms with van der Waals surface area (Å²) in [5.41, 5.74) is 4.84. The van der Waals surface area contributed by atoms with Gasteiger partial charge in [0.2, 0.25) is 5.91 Å². The van der Waals surface area contributed by atoms with E-state index in [4.69, 9.17) is 9.84 Å². The van der Waals surface area contributed by atoms with Gasteiger partial charge in [-0.15, -0.1) is 0 Å². The normalized spacial score (nSPS) is 17.5. The summed E-state index contributed by atoms with van der Waals surface area (Å²) in [5, 5.41) is 16.3. The number of carboxylic acids is 1. The van der Waals surface area contributed by atoms with Gasteiger partial charge in [0.1, 0.15) is 17.9 Å². The minimum atomic E-state index is -1.03. The van der Waals surface area contributed by atoms with Gasteiger partial charge in [0.25, 0.3) is 5.91 Å². The predicted molar refractivity (Wildman–Crippen MR) is 165 cm³/mol. The highest BCUT2D eigenvalue weighted by molar-refractivity contribution is 6.06. The van der Waals surface area contributed by atoms with Gasteiger partial charge in [0.15, 0.2) is 0 Å². The van der Waals surface area contributed by atoms with Crippen molar-refractivity contribution in [3.8, 4) is 17.0 Å². The average molecular weight is 578 g/mol. The average Bonchev–Trinajstić information content (AvgIpc) is 3.20. The maximum absolute atomic E-state index is 13.7. The third-order valence-corrected chi connectivity index (χ3v) is 9.48. The van der Waals surface area contributed by atoms with Crippen molar-refractivity contribution in [2.45, 2.75) is 69.4 Å². The van der Waals surface area contributed by atoms with Crippen LogP contribution < -0.4 is 15.4 Å². The van der Waals surface area contributed by atoms with E-state index in [9.17, 15) is 14.4 Å². The van der Waals surface area contributed by atoms with Crippen molar-refractivity contribution in [3.05, 3.63) is 83.4 Å². The van der Waals surface area contributed by atoms with E-state index in [1.807, 2.05) is 24.3 Å². The Balaban J connectivity index is 1.21. The SMILES string of the molecule is O=C(O)c1ccc(NC(=O)C2(NC(=O)c3ccc4c(C5CCCCC5)c5n(c4c3)CCOc3ccccc3-5)CCC2)cc1. The zero-order chi connectivity index (χ0) is 29.6. The maximum atomic E-state index is 13.7. The molecule has 1 aromatic heterocycles. The van der Waals surface area contributed by atoms with Gasteiger partial charge in [-0.1, -0.05) is 37.5 Å². The zero-order valence-electron chi connectivity index (χ0n) is 24.0. The molecule has 7 rings (SSSR count). The lowest BCUT2D eigenvalue weighted by atomic mass is 9.75. The van der Waals surface area contributed by atoms with Crippen molar-refractivity contribution >= 4 is 34.4 Å². The fraction of sp³-hybridized carbons (Fsp3) is 0.343. The molecule has 1 aliphatic heterocycles. The lowest BCUT2D eigenvalue weighted by molar-refractivity contribution is -0.125. The number of carbonyl (C=O) groups excluding carboxylic acids is 2. The summed E-state index contributed by atoms with van der Waals surface area (Å²) in [5.74, 6) is -0.237. The Labute approximate surface area is 250 Å². The first-order chi connectivity index (χ1) is 20.9. The molecule has 4 aromatic rings. The number of benzene rings is 3. The van der Waals surface area contributed by atoms with Crippen molar-refractivity contribution in [2.75, 3.05) is 11.9 Å². The number of amides is 2. The molecule has 2 fully saturated rings. The molecule has 0 bridgehead atoms. The number of nitrogens with one attached hydrogen (secondary N) is 2. The first kappa shape index (κ1) is 27.3. The molecule has 0 radical (unpaired) electrons. The smallest absolute Gasteiger partial charge is 0.335 e. The van der Waals surface area contributed by atoms with Gasteiger partial charge in [0, 0.05) is 27.7 Å². The van der Waals surface area contributed by atoms with E-state index in [1.54, 1.807) is 12.1 Å². The Morgan fingerprint density at radius 2 is 1.63 bits per heavy atom. The molecule has 2 amide bonds. The van der Waals surface area contributed by atoms with Crippen molar-refractivity contribution in [3.63, 3.8) is 0 Å². The van der Waals surface area contributed by atoms with Crippen LogP contribution in [0.4, 0.5) is 5.69 Å². The minimum absolute atomic E-state index is 0.144. The standard InChI is InChI=1S/C35H35N3O5/c39-32(37-35(17-6-18-35)34(42)36-25-14-11-23(12-15-25)33(40)41)24-13-16-26-28(21-24)38-19-20-43-29-10-5-4-9-27(29)31(38)30(26)22-7-2-1-3-8-22/h4-5,9-16,21-22H,1-3,6-8,17-20H2,(H,36,42)(H,37,39)(H,40,41). The van der Waals surface area contributed by atoms with Gasteiger partial charge >= 0.3 is 5.97 Å². The molecule has 3 aromatic carbocycles. The highest BCUT2D eigenvalue weighted by Gasteiger charge is 2.45. The van der Waals surface area contributed by atoms with Crippen molar-refractivity contribution in [1.29, 1.82) is 0 Å². The van der Waals surface area contributed by atoms with Crippen LogP contribution in [0.15, 0.2) is 66.7 Å². The molecule has 43 heavy (non-hydrogen) atoms. The van der Waals surface area contributed by atoms with Crippen LogP contribution in [0, 0.1) is 0 Å². The van der Waals surface area contributed by atoms with E-state index in [0.717, 1.165) is 36.1 Å². The Morgan fingerprint density at radius 1 is 0.884 bits per heavy atom. The molecule has 0 spiro atoms. The topological polar surface area (TPSA) is 110 Å². The lowest BCUT2D eigenvalue weighted by Gasteiger charge is -2.40. The number of aromatic carboxylic acids is 1. The monoisotopic (exact) mass is 577 g/mol. The van der Waals surface area contributed by atoms with E-state index in [0.29, 0.717) is 43.2 Å². The second-order valence-electron chi connectivity index (χ2n) is 12.1. The highest BCUT2D eigenvalue weighted by Crippen LogP contribution is 2.47. The largest absolute Gasteiger partial charge is 0.491 e. The van der Waals surface area contributed by atoms with Crippen LogP contribution in [0.1, 0.15) is 83.6 Å². The molecule has 2 heterocycles. The summed E-state index contributed by atoms with van der Waals surface area (Å²) < 4.78 is 8.49. The van der Waals surface area contributed by atoms with Gasteiger partial charge in [-0.2, -0.15) is 0 Å². The molecule has 2 aliphatic carbocycles. The van der Waals surface area contributed by atoms with Gasteiger partial charge in [-0.25, -0.2) is 4.79 Å². The summed E-state index contributed by atoms with van der Waals surface area (Å²) in [6.07, 6.45) is 7.97. The Morgan fingerprint density at radius 3 is 2.35 bits per heavy atom. The molecule has 220 valence electrons. The maximum Gasteiger partial charge on any atom is 0.335 e. The summed E-state index contributed by atoms with van der Waals surface area (Å²) in [6, 6.07) is 20.2. The van der Waals surface area contributed by atoms with Crippen LogP contribution in [0.2, 0.25) is 0 Å². The molecular weight excluding hydrogens is 542 g/mol. The summed E-state index contributed by atoms with van der Waals surface area (Å²) in [4.78, 5) is 38.3. The minimum Gasteiger partial charge on any atom is -0.491 e. The van der Waals surface area contributed by atoms with E-state index in [1.165, 1.54) is 48.0 Å². The molecule has 0 saturated heterocycles. The Hall–Kier alpha value is -4.59. The van der Waals surface area contributed by atoms with Crippen molar-refractivity contribution < 1.29 is 24.2 Å².